The van der Waals surface area contributed by atoms with Crippen molar-refractivity contribution < 1.29 is 14.8 Å². The van der Waals surface area contributed by atoms with Crippen LogP contribution in [0, 0.1) is 10.1 Å². The molecule has 0 spiro atoms. The van der Waals surface area contributed by atoms with E-state index in [1.54, 1.807) is 0 Å². The van der Waals surface area contributed by atoms with Crippen molar-refractivity contribution in [3.05, 3.63) is 106 Å². The Morgan fingerprint density at radius 2 is 1.57 bits per heavy atom. The maximum atomic E-state index is 12.8. The van der Waals surface area contributed by atoms with E-state index in [-0.39, 0.29) is 5.91 Å². The van der Waals surface area contributed by atoms with Crippen LogP contribution in [0.25, 0.3) is 0 Å². The van der Waals surface area contributed by atoms with Gasteiger partial charge in [-0.1, -0.05) is 60.7 Å². The maximum absolute atomic E-state index is 12.8. The summed E-state index contributed by atoms with van der Waals surface area (Å²) in [5.41, 5.74) is 4.08. The topological polar surface area (TPSA) is 105 Å². The second-order valence-corrected chi connectivity index (χ2v) is 5.99. The summed E-state index contributed by atoms with van der Waals surface area (Å²) in [7, 11) is 0. The zero-order chi connectivity index (χ0) is 19.9. The highest BCUT2D eigenvalue weighted by Gasteiger charge is 2.22. The number of aromatic hydroxyl groups is 1. The predicted octanol–water partition coefficient (Wildman–Crippen LogP) is 3.58. The third-order valence-electron chi connectivity index (χ3n) is 4.11. The van der Waals surface area contributed by atoms with Crippen molar-refractivity contribution in [1.82, 2.24) is 5.43 Å². The minimum atomic E-state index is -0.688. The first-order chi connectivity index (χ1) is 13.6. The predicted molar refractivity (Wildman–Crippen MR) is 105 cm³/mol. The Morgan fingerprint density at radius 1 is 1.00 bits per heavy atom. The molecule has 0 aliphatic carbocycles. The van der Waals surface area contributed by atoms with Crippen LogP contribution in [0.1, 0.15) is 22.6 Å². The SMILES string of the molecule is O=C(N/N=C/c1ccc(O)c([N+](=O)[O-])c1)C(c1ccccc1)c1ccccc1. The molecule has 0 aliphatic rings. The lowest BCUT2D eigenvalue weighted by Crippen LogP contribution is -2.26. The van der Waals surface area contributed by atoms with Crippen molar-refractivity contribution in [3.63, 3.8) is 0 Å². The lowest BCUT2D eigenvalue weighted by atomic mass is 9.91. The number of nitrogens with one attached hydrogen (secondary N) is 1. The summed E-state index contributed by atoms with van der Waals surface area (Å²) in [6.07, 6.45) is 1.29. The molecular weight excluding hydrogens is 358 g/mol. The van der Waals surface area contributed by atoms with Crippen LogP contribution in [-0.4, -0.2) is 22.2 Å². The monoisotopic (exact) mass is 375 g/mol. The molecule has 3 aromatic rings. The Bertz CT molecular complexity index is 965. The highest BCUT2D eigenvalue weighted by atomic mass is 16.6. The fraction of sp³-hybridized carbons (Fsp3) is 0.0476. The van der Waals surface area contributed by atoms with Crippen molar-refractivity contribution >= 4 is 17.8 Å². The van der Waals surface area contributed by atoms with Gasteiger partial charge >= 0.3 is 5.69 Å². The van der Waals surface area contributed by atoms with Gasteiger partial charge in [0.15, 0.2) is 5.75 Å². The van der Waals surface area contributed by atoms with Gasteiger partial charge in [0.05, 0.1) is 17.1 Å². The molecule has 0 radical (unpaired) electrons. The molecule has 0 saturated heterocycles. The molecule has 2 N–H and O–H groups in total. The smallest absolute Gasteiger partial charge is 0.311 e. The van der Waals surface area contributed by atoms with E-state index in [2.05, 4.69) is 10.5 Å². The molecular formula is C21H17N3O4. The highest BCUT2D eigenvalue weighted by molar-refractivity contribution is 5.89. The van der Waals surface area contributed by atoms with E-state index < -0.39 is 22.3 Å². The number of amides is 1. The largest absolute Gasteiger partial charge is 0.502 e. The third-order valence-corrected chi connectivity index (χ3v) is 4.11. The molecule has 0 aliphatic heterocycles. The number of carbonyl (C=O) groups is 1. The van der Waals surface area contributed by atoms with E-state index in [1.807, 2.05) is 60.7 Å². The number of phenolic OH excluding ortho intramolecular Hbond substituents is 1. The Labute approximate surface area is 161 Å². The summed E-state index contributed by atoms with van der Waals surface area (Å²) >= 11 is 0. The van der Waals surface area contributed by atoms with Crippen molar-refractivity contribution in [2.24, 2.45) is 5.10 Å². The molecule has 0 bridgehead atoms. The molecule has 28 heavy (non-hydrogen) atoms. The van der Waals surface area contributed by atoms with E-state index in [0.717, 1.165) is 11.1 Å². The molecule has 0 saturated carbocycles. The summed E-state index contributed by atoms with van der Waals surface area (Å²) in [5.74, 6) is -1.31. The van der Waals surface area contributed by atoms with E-state index in [9.17, 15) is 20.0 Å². The Balaban J connectivity index is 1.80. The Hall–Kier alpha value is -4.00. The van der Waals surface area contributed by atoms with Crippen LogP contribution >= 0.6 is 0 Å². The number of nitro groups is 1. The van der Waals surface area contributed by atoms with Crippen LogP contribution in [0.15, 0.2) is 84.0 Å². The first kappa shape index (κ1) is 18.8. The number of hydrogen-bond donors (Lipinski definition) is 2. The number of carbonyl (C=O) groups excluding carboxylic acids is 1. The maximum Gasteiger partial charge on any atom is 0.311 e. The fourth-order valence-corrected chi connectivity index (χ4v) is 2.79. The second-order valence-electron chi connectivity index (χ2n) is 5.99. The summed E-state index contributed by atoms with van der Waals surface area (Å²) in [6.45, 7) is 0. The Kier molecular flexibility index (Phi) is 5.76. The lowest BCUT2D eigenvalue weighted by Gasteiger charge is -2.16. The highest BCUT2D eigenvalue weighted by Crippen LogP contribution is 2.26. The van der Waals surface area contributed by atoms with E-state index in [4.69, 9.17) is 0 Å². The second kappa shape index (κ2) is 8.59. The number of hydrazone groups is 1. The first-order valence-corrected chi connectivity index (χ1v) is 8.46. The zero-order valence-electron chi connectivity index (χ0n) is 14.7. The van der Waals surface area contributed by atoms with Crippen LogP contribution in [0.4, 0.5) is 5.69 Å². The van der Waals surface area contributed by atoms with E-state index >= 15 is 0 Å². The molecule has 0 aromatic heterocycles. The van der Waals surface area contributed by atoms with Crippen LogP contribution in [0.5, 0.6) is 5.75 Å². The number of nitro benzene ring substituents is 1. The van der Waals surface area contributed by atoms with Crippen molar-refractivity contribution in [2.45, 2.75) is 5.92 Å². The molecule has 7 heteroatoms. The average Bonchev–Trinajstić information content (AvgIpc) is 2.71. The quantitative estimate of drug-likeness (QED) is 0.390. The van der Waals surface area contributed by atoms with Gasteiger partial charge < -0.3 is 5.11 Å². The minimum absolute atomic E-state index is 0.332. The van der Waals surface area contributed by atoms with Gasteiger partial charge in [-0.05, 0) is 23.3 Å². The lowest BCUT2D eigenvalue weighted by molar-refractivity contribution is -0.385. The number of rotatable bonds is 6. The molecule has 1 amide bonds. The van der Waals surface area contributed by atoms with Crippen LogP contribution < -0.4 is 5.43 Å². The molecule has 0 unspecified atom stereocenters. The van der Waals surface area contributed by atoms with Crippen LogP contribution in [0.2, 0.25) is 0 Å². The van der Waals surface area contributed by atoms with Gasteiger partial charge in [-0.3, -0.25) is 14.9 Å². The number of hydrogen-bond acceptors (Lipinski definition) is 5. The van der Waals surface area contributed by atoms with Gasteiger partial charge in [-0.15, -0.1) is 0 Å². The molecule has 3 rings (SSSR count). The summed E-state index contributed by atoms with van der Waals surface area (Å²) in [5, 5.41) is 24.3. The van der Waals surface area contributed by atoms with Gasteiger partial charge in [-0.25, -0.2) is 5.43 Å². The fourth-order valence-electron chi connectivity index (χ4n) is 2.79. The van der Waals surface area contributed by atoms with Crippen molar-refractivity contribution in [1.29, 1.82) is 0 Å². The first-order valence-electron chi connectivity index (χ1n) is 8.46. The summed E-state index contributed by atoms with van der Waals surface area (Å²) in [6, 6.07) is 22.5. The number of phenols is 1. The molecule has 140 valence electrons. The number of benzene rings is 3. The minimum Gasteiger partial charge on any atom is -0.502 e. The summed E-state index contributed by atoms with van der Waals surface area (Å²) in [4.78, 5) is 23.0. The molecule has 0 atom stereocenters. The summed E-state index contributed by atoms with van der Waals surface area (Å²) < 4.78 is 0. The standard InChI is InChI=1S/C21H17N3O4/c25-19-12-11-15(13-18(19)24(27)28)14-22-23-21(26)20(16-7-3-1-4-8-16)17-9-5-2-6-10-17/h1-14,20,25H,(H,23,26)/b22-14+. The van der Waals surface area contributed by atoms with Gasteiger partial charge in [0.25, 0.3) is 5.91 Å². The molecule has 0 fully saturated rings. The van der Waals surface area contributed by atoms with Gasteiger partial charge in [-0.2, -0.15) is 5.10 Å². The molecule has 0 heterocycles. The van der Waals surface area contributed by atoms with Crippen molar-refractivity contribution in [3.8, 4) is 5.75 Å². The molecule has 7 nitrogen and oxygen atoms in total. The van der Waals surface area contributed by atoms with E-state index in [1.165, 1.54) is 24.4 Å². The van der Waals surface area contributed by atoms with Gasteiger partial charge in [0.2, 0.25) is 0 Å². The van der Waals surface area contributed by atoms with Crippen molar-refractivity contribution in [2.75, 3.05) is 0 Å². The van der Waals surface area contributed by atoms with Crippen LogP contribution in [-0.2, 0) is 4.79 Å². The Morgan fingerprint density at radius 3 is 2.11 bits per heavy atom. The normalized spacial score (nSPS) is 10.9. The van der Waals surface area contributed by atoms with Gasteiger partial charge in [0, 0.05) is 11.6 Å². The third kappa shape index (κ3) is 4.39. The zero-order valence-corrected chi connectivity index (χ0v) is 14.7. The number of nitrogens with zero attached hydrogens (tertiary/aromatic N) is 2. The molecule has 3 aromatic carbocycles. The van der Waals surface area contributed by atoms with E-state index in [0.29, 0.717) is 5.56 Å². The van der Waals surface area contributed by atoms with Crippen LogP contribution in [0.3, 0.4) is 0 Å². The average molecular weight is 375 g/mol. The van der Waals surface area contributed by atoms with Gasteiger partial charge in [0.1, 0.15) is 0 Å².